The minimum Gasteiger partial charge on any atom is -0.390 e. The summed E-state index contributed by atoms with van der Waals surface area (Å²) >= 11 is 0. The average Bonchev–Trinajstić information content (AvgIpc) is 2.28. The van der Waals surface area contributed by atoms with Crippen LogP contribution in [0.3, 0.4) is 0 Å². The van der Waals surface area contributed by atoms with E-state index in [1.165, 1.54) is 5.56 Å². The Morgan fingerprint density at radius 1 is 0.947 bits per heavy atom. The van der Waals surface area contributed by atoms with Crippen molar-refractivity contribution in [1.29, 1.82) is 0 Å². The predicted molar refractivity (Wildman–Crippen MR) is 81.1 cm³/mol. The third-order valence-corrected chi connectivity index (χ3v) is 3.02. The van der Waals surface area contributed by atoms with Crippen molar-refractivity contribution in [3.8, 4) is 0 Å². The summed E-state index contributed by atoms with van der Waals surface area (Å²) in [6.45, 7) is 7.74. The van der Waals surface area contributed by atoms with Crippen LogP contribution in [0.15, 0.2) is 30.3 Å². The molecule has 108 valence electrons. The lowest BCUT2D eigenvalue weighted by Crippen LogP contribution is -2.38. The van der Waals surface area contributed by atoms with Gasteiger partial charge < -0.3 is 10.0 Å². The largest absolute Gasteiger partial charge is 0.390 e. The molecule has 0 aliphatic rings. The fourth-order valence-corrected chi connectivity index (χ4v) is 2.43. The highest BCUT2D eigenvalue weighted by Gasteiger charge is 2.12. The second kappa shape index (κ2) is 8.31. The van der Waals surface area contributed by atoms with Crippen LogP contribution < -0.4 is 0 Å². The molecule has 0 fully saturated rings. The summed E-state index contributed by atoms with van der Waals surface area (Å²) < 4.78 is 0. The zero-order chi connectivity index (χ0) is 14.3. The fourth-order valence-electron chi connectivity index (χ4n) is 2.43. The zero-order valence-electron chi connectivity index (χ0n) is 12.7. The fraction of sp³-hybridized carbons (Fsp3) is 0.625. The first-order valence-electron chi connectivity index (χ1n) is 7.06. The monoisotopic (exact) mass is 264 g/mol. The quantitative estimate of drug-likeness (QED) is 0.778. The van der Waals surface area contributed by atoms with Gasteiger partial charge in [-0.2, -0.15) is 0 Å². The molecule has 1 aromatic carbocycles. The van der Waals surface area contributed by atoms with Crippen LogP contribution in [-0.4, -0.2) is 54.7 Å². The van der Waals surface area contributed by atoms with Gasteiger partial charge in [0.2, 0.25) is 0 Å². The lowest BCUT2D eigenvalue weighted by atomic mass is 10.2. The van der Waals surface area contributed by atoms with Gasteiger partial charge in [0.25, 0.3) is 0 Å². The number of hydrogen-bond acceptors (Lipinski definition) is 3. The lowest BCUT2D eigenvalue weighted by molar-refractivity contribution is 0.0854. The number of aliphatic hydroxyl groups excluding tert-OH is 1. The minimum absolute atomic E-state index is 0.294. The summed E-state index contributed by atoms with van der Waals surface area (Å²) in [4.78, 5) is 4.37. The molecule has 1 rings (SSSR count). The van der Waals surface area contributed by atoms with Crippen molar-refractivity contribution in [1.82, 2.24) is 9.80 Å². The van der Waals surface area contributed by atoms with Gasteiger partial charge in [-0.3, -0.25) is 4.90 Å². The molecule has 0 saturated heterocycles. The molecule has 0 saturated carbocycles. The smallest absolute Gasteiger partial charge is 0.0793 e. The summed E-state index contributed by atoms with van der Waals surface area (Å²) in [5.41, 5.74) is 1.28. The van der Waals surface area contributed by atoms with E-state index in [1.807, 2.05) is 6.07 Å². The molecule has 0 bridgehead atoms. The Bertz CT molecular complexity index is 340. The van der Waals surface area contributed by atoms with E-state index in [9.17, 15) is 5.11 Å². The SMILES string of the molecule is CC(C)CN(C)CC(O)CN(C)Cc1ccccc1. The Morgan fingerprint density at radius 3 is 2.11 bits per heavy atom. The molecule has 1 N–H and O–H groups in total. The summed E-state index contributed by atoms with van der Waals surface area (Å²) in [6.07, 6.45) is -0.294. The van der Waals surface area contributed by atoms with E-state index in [2.05, 4.69) is 62.0 Å². The van der Waals surface area contributed by atoms with Gasteiger partial charge in [-0.25, -0.2) is 0 Å². The van der Waals surface area contributed by atoms with Crippen LogP contribution in [0, 0.1) is 5.92 Å². The van der Waals surface area contributed by atoms with E-state index < -0.39 is 0 Å². The van der Waals surface area contributed by atoms with Crippen LogP contribution in [-0.2, 0) is 6.54 Å². The zero-order valence-corrected chi connectivity index (χ0v) is 12.7. The van der Waals surface area contributed by atoms with Crippen LogP contribution in [0.1, 0.15) is 19.4 Å². The molecule has 0 spiro atoms. The standard InChI is InChI=1S/C16H28N2O/c1-14(2)10-17(3)12-16(19)13-18(4)11-15-8-6-5-7-9-15/h5-9,14,16,19H,10-13H2,1-4H3. The highest BCUT2D eigenvalue weighted by atomic mass is 16.3. The van der Waals surface area contributed by atoms with Crippen molar-refractivity contribution in [3.05, 3.63) is 35.9 Å². The van der Waals surface area contributed by atoms with E-state index in [0.29, 0.717) is 12.5 Å². The summed E-state index contributed by atoms with van der Waals surface area (Å²) in [7, 11) is 4.12. The molecule has 0 amide bonds. The van der Waals surface area contributed by atoms with Crippen LogP contribution >= 0.6 is 0 Å². The van der Waals surface area contributed by atoms with Crippen molar-refractivity contribution < 1.29 is 5.11 Å². The van der Waals surface area contributed by atoms with Gasteiger partial charge in [-0.15, -0.1) is 0 Å². The Kier molecular flexibility index (Phi) is 7.06. The summed E-state index contributed by atoms with van der Waals surface area (Å²) in [5, 5.41) is 10.1. The van der Waals surface area contributed by atoms with Gasteiger partial charge in [-0.1, -0.05) is 44.2 Å². The van der Waals surface area contributed by atoms with E-state index in [4.69, 9.17) is 0 Å². The Balaban J connectivity index is 2.29. The maximum absolute atomic E-state index is 10.1. The van der Waals surface area contributed by atoms with E-state index in [1.54, 1.807) is 0 Å². The predicted octanol–water partition coefficient (Wildman–Crippen LogP) is 2.07. The van der Waals surface area contributed by atoms with Gasteiger partial charge in [-0.05, 0) is 25.6 Å². The van der Waals surface area contributed by atoms with Crippen LogP contribution in [0.2, 0.25) is 0 Å². The molecule has 0 heterocycles. The summed E-state index contributed by atoms with van der Waals surface area (Å²) in [6, 6.07) is 10.4. The molecule has 0 aliphatic heterocycles. The molecule has 3 heteroatoms. The topological polar surface area (TPSA) is 26.7 Å². The summed E-state index contributed by atoms with van der Waals surface area (Å²) in [5.74, 6) is 0.638. The minimum atomic E-state index is -0.294. The number of rotatable bonds is 8. The molecule has 0 radical (unpaired) electrons. The van der Waals surface area contributed by atoms with E-state index in [-0.39, 0.29) is 6.10 Å². The third-order valence-electron chi connectivity index (χ3n) is 3.02. The van der Waals surface area contributed by atoms with Crippen LogP contribution in [0.4, 0.5) is 0 Å². The van der Waals surface area contributed by atoms with Crippen molar-refractivity contribution in [3.63, 3.8) is 0 Å². The van der Waals surface area contributed by atoms with E-state index >= 15 is 0 Å². The molecule has 1 atom stereocenters. The van der Waals surface area contributed by atoms with Gasteiger partial charge in [0, 0.05) is 26.2 Å². The number of nitrogens with zero attached hydrogens (tertiary/aromatic N) is 2. The van der Waals surface area contributed by atoms with Crippen LogP contribution in [0.25, 0.3) is 0 Å². The Hall–Kier alpha value is -0.900. The normalized spacial score (nSPS) is 13.5. The number of likely N-dealkylation sites (N-methyl/N-ethyl adjacent to an activating group) is 2. The molecule has 3 nitrogen and oxygen atoms in total. The number of aliphatic hydroxyl groups is 1. The molecule has 1 aromatic rings. The first kappa shape index (κ1) is 16.2. The highest BCUT2D eigenvalue weighted by molar-refractivity contribution is 5.14. The number of hydrogen-bond donors (Lipinski definition) is 1. The second-order valence-electron chi connectivity index (χ2n) is 5.95. The lowest BCUT2D eigenvalue weighted by Gasteiger charge is -2.25. The molecule has 1 unspecified atom stereocenters. The van der Waals surface area contributed by atoms with Crippen molar-refractivity contribution >= 4 is 0 Å². The van der Waals surface area contributed by atoms with Gasteiger partial charge in [0.15, 0.2) is 0 Å². The van der Waals surface area contributed by atoms with Crippen molar-refractivity contribution in [2.45, 2.75) is 26.5 Å². The molecule has 19 heavy (non-hydrogen) atoms. The third kappa shape index (κ3) is 7.31. The molecular weight excluding hydrogens is 236 g/mol. The molecule has 0 aromatic heterocycles. The maximum Gasteiger partial charge on any atom is 0.0793 e. The first-order chi connectivity index (χ1) is 8.97. The molecular formula is C16H28N2O. The number of benzene rings is 1. The van der Waals surface area contributed by atoms with Crippen molar-refractivity contribution in [2.24, 2.45) is 5.92 Å². The van der Waals surface area contributed by atoms with Gasteiger partial charge in [0.05, 0.1) is 6.10 Å². The second-order valence-corrected chi connectivity index (χ2v) is 5.95. The van der Waals surface area contributed by atoms with E-state index in [0.717, 1.165) is 19.6 Å². The van der Waals surface area contributed by atoms with Crippen molar-refractivity contribution in [2.75, 3.05) is 33.7 Å². The molecule has 0 aliphatic carbocycles. The average molecular weight is 264 g/mol. The maximum atomic E-state index is 10.1. The van der Waals surface area contributed by atoms with Gasteiger partial charge in [0.1, 0.15) is 0 Å². The Morgan fingerprint density at radius 2 is 1.53 bits per heavy atom. The highest BCUT2D eigenvalue weighted by Crippen LogP contribution is 2.04. The Labute approximate surface area is 117 Å². The first-order valence-corrected chi connectivity index (χ1v) is 7.06. The van der Waals surface area contributed by atoms with Crippen LogP contribution in [0.5, 0.6) is 0 Å². The van der Waals surface area contributed by atoms with Gasteiger partial charge >= 0.3 is 0 Å².